The Kier molecular flexibility index (Phi) is 10.6. The smallest absolute Gasteiger partial charge is 0.326 e. The van der Waals surface area contributed by atoms with Gasteiger partial charge in [0.25, 0.3) is 13.9 Å². The van der Waals surface area contributed by atoms with E-state index in [1.165, 1.54) is 17.8 Å². The Labute approximate surface area is 282 Å². The third-order valence-corrected chi connectivity index (χ3v) is 14.8. The predicted octanol–water partition coefficient (Wildman–Crippen LogP) is 7.20. The summed E-state index contributed by atoms with van der Waals surface area (Å²) < 4.78 is 42.4. The predicted molar refractivity (Wildman–Crippen MR) is 190 cm³/mol. The van der Waals surface area contributed by atoms with Crippen molar-refractivity contribution in [3.8, 4) is 11.1 Å². The maximum Gasteiger partial charge on any atom is 0.326 e. The van der Waals surface area contributed by atoms with E-state index in [-0.39, 0.29) is 32.6 Å². The van der Waals surface area contributed by atoms with Crippen LogP contribution in [-0.2, 0) is 9.16 Å². The number of aromatic nitrogens is 2. The van der Waals surface area contributed by atoms with Crippen molar-refractivity contribution in [1.82, 2.24) is 9.97 Å². The van der Waals surface area contributed by atoms with Crippen molar-refractivity contribution in [2.45, 2.75) is 50.2 Å². The first-order valence-corrected chi connectivity index (χ1v) is 18.5. The molecule has 5 aromatic rings. The number of aryl methyl sites for hydroxylation is 1. The molecule has 4 aromatic carbocycles. The van der Waals surface area contributed by atoms with E-state index in [2.05, 4.69) is 55.0 Å². The molecular weight excluding hydrogens is 658 g/mol. The fourth-order valence-electron chi connectivity index (χ4n) is 6.14. The molecule has 0 fully saturated rings. The number of hydrogen-bond acceptors (Lipinski definition) is 5. The summed E-state index contributed by atoms with van der Waals surface area (Å²) in [6.07, 6.45) is 0.233. The molecule has 0 bridgehead atoms. The SMILES string of the molecule is CO[C@H](CCSc1c(-c2cc(Cl)c(F)cc2F)c(C)cc2c(=O)[nH]c(=O)[nH]c12)CO[Si](c1ccccc1)(c1ccccc1)C(C)(C)C. The largest absolute Gasteiger partial charge is 0.405 e. The van der Waals surface area contributed by atoms with Crippen molar-refractivity contribution < 1.29 is 17.9 Å². The number of H-pyrrole nitrogens is 2. The molecular formula is C36H37ClF2N2O4SSi. The molecule has 1 atom stereocenters. The Hall–Kier alpha value is -3.54. The van der Waals surface area contributed by atoms with Crippen molar-refractivity contribution in [3.05, 3.63) is 122 Å². The van der Waals surface area contributed by atoms with Crippen LogP contribution in [0.15, 0.2) is 93.3 Å². The van der Waals surface area contributed by atoms with Gasteiger partial charge >= 0.3 is 5.69 Å². The van der Waals surface area contributed by atoms with Crippen LogP contribution < -0.4 is 21.6 Å². The monoisotopic (exact) mass is 694 g/mol. The van der Waals surface area contributed by atoms with E-state index in [0.29, 0.717) is 34.8 Å². The van der Waals surface area contributed by atoms with Crippen LogP contribution in [0.4, 0.5) is 8.78 Å². The van der Waals surface area contributed by atoms with Crippen LogP contribution in [-0.4, -0.2) is 43.9 Å². The van der Waals surface area contributed by atoms with Gasteiger partial charge in [-0.05, 0) is 46.5 Å². The lowest BCUT2D eigenvalue weighted by atomic mass is 9.98. The number of thioether (sulfide) groups is 1. The normalized spacial score (nSPS) is 12.9. The molecule has 0 aliphatic rings. The Morgan fingerprint density at radius 1 is 0.915 bits per heavy atom. The summed E-state index contributed by atoms with van der Waals surface area (Å²) >= 11 is 7.42. The molecule has 0 aliphatic carbocycles. The Morgan fingerprint density at radius 3 is 2.11 bits per heavy atom. The molecule has 0 amide bonds. The minimum Gasteiger partial charge on any atom is -0.405 e. The molecule has 0 aliphatic heterocycles. The maximum atomic E-state index is 15.2. The Morgan fingerprint density at radius 2 is 1.53 bits per heavy atom. The third kappa shape index (κ3) is 7.03. The van der Waals surface area contributed by atoms with E-state index in [0.717, 1.165) is 16.4 Å². The lowest BCUT2D eigenvalue weighted by molar-refractivity contribution is 0.0530. The van der Waals surface area contributed by atoms with Crippen LogP contribution in [0.5, 0.6) is 0 Å². The number of benzene rings is 4. The summed E-state index contributed by atoms with van der Waals surface area (Å²) in [4.78, 5) is 30.6. The minimum atomic E-state index is -2.81. The number of fused-ring (bicyclic) bond motifs is 1. The van der Waals surface area contributed by atoms with Gasteiger partial charge in [0.15, 0.2) is 0 Å². The van der Waals surface area contributed by atoms with Crippen LogP contribution in [0.2, 0.25) is 10.1 Å². The molecule has 246 valence electrons. The Balaban J connectivity index is 1.48. The number of hydrogen-bond donors (Lipinski definition) is 2. The molecule has 0 radical (unpaired) electrons. The van der Waals surface area contributed by atoms with Crippen molar-refractivity contribution >= 4 is 53.0 Å². The van der Waals surface area contributed by atoms with Crippen LogP contribution in [0.1, 0.15) is 32.8 Å². The standard InChI is InChI=1S/C36H37ClF2N2O4SSi/c1-22-18-27-32(40-35(43)41-34(27)42)33(31(22)26-19-28(37)30(39)20-29(26)38)46-17-16-23(44-5)21-45-47(36(2,3)4,24-12-8-6-9-13-24)25-14-10-7-11-15-25/h6-15,18-20,23H,16-17,21H2,1-5H3,(H2,40,41,42,43)/t23-/m1/s1. The zero-order chi connectivity index (χ0) is 33.9. The second-order valence-corrected chi connectivity index (χ2v) is 18.3. The molecule has 0 saturated carbocycles. The van der Waals surface area contributed by atoms with Crippen molar-refractivity contribution in [2.75, 3.05) is 19.5 Å². The minimum absolute atomic E-state index is 0.0674. The van der Waals surface area contributed by atoms with Gasteiger partial charge in [-0.25, -0.2) is 13.6 Å². The highest BCUT2D eigenvalue weighted by Gasteiger charge is 2.50. The molecule has 0 spiro atoms. The summed E-state index contributed by atoms with van der Waals surface area (Å²) in [5, 5.41) is 2.12. The molecule has 6 nitrogen and oxygen atoms in total. The van der Waals surface area contributed by atoms with Gasteiger partial charge in [0.1, 0.15) is 11.6 Å². The Bertz CT molecular complexity index is 1960. The number of ether oxygens (including phenoxy) is 1. The summed E-state index contributed by atoms with van der Waals surface area (Å²) in [6, 6.07) is 24.2. The highest BCUT2D eigenvalue weighted by atomic mass is 35.5. The zero-order valence-electron chi connectivity index (χ0n) is 26.9. The molecule has 11 heteroatoms. The van der Waals surface area contributed by atoms with E-state index < -0.39 is 31.2 Å². The average Bonchev–Trinajstić information content (AvgIpc) is 3.03. The fourth-order valence-corrected chi connectivity index (χ4v) is 12.2. The molecule has 47 heavy (non-hydrogen) atoms. The molecule has 1 heterocycles. The number of nitrogens with one attached hydrogen (secondary N) is 2. The molecule has 5 rings (SSSR count). The second-order valence-electron chi connectivity index (χ2n) is 12.4. The first-order chi connectivity index (χ1) is 22.4. The number of rotatable bonds is 11. The topological polar surface area (TPSA) is 84.2 Å². The molecule has 2 N–H and O–H groups in total. The summed E-state index contributed by atoms with van der Waals surface area (Å²) in [6.45, 7) is 8.69. The van der Waals surface area contributed by atoms with Gasteiger partial charge in [-0.15, -0.1) is 11.8 Å². The van der Waals surface area contributed by atoms with Crippen LogP contribution in [0.25, 0.3) is 22.0 Å². The summed E-state index contributed by atoms with van der Waals surface area (Å²) in [5.41, 5.74) is 0.0640. The maximum absolute atomic E-state index is 15.2. The number of methoxy groups -OCH3 is 1. The lowest BCUT2D eigenvalue weighted by Crippen LogP contribution is -2.67. The van der Waals surface area contributed by atoms with Gasteiger partial charge in [-0.1, -0.05) is 93.0 Å². The zero-order valence-corrected chi connectivity index (χ0v) is 29.5. The van der Waals surface area contributed by atoms with Gasteiger partial charge in [0, 0.05) is 35.0 Å². The van der Waals surface area contributed by atoms with Gasteiger partial charge < -0.3 is 14.1 Å². The highest BCUT2D eigenvalue weighted by molar-refractivity contribution is 7.99. The molecule has 1 aromatic heterocycles. The number of halogens is 3. The van der Waals surface area contributed by atoms with Crippen LogP contribution in [0, 0.1) is 18.6 Å². The quantitative estimate of drug-likeness (QED) is 0.0869. The summed E-state index contributed by atoms with van der Waals surface area (Å²) in [5.74, 6) is -1.22. The van der Waals surface area contributed by atoms with E-state index in [1.54, 1.807) is 20.1 Å². The first kappa shape index (κ1) is 34.8. The second kappa shape index (κ2) is 14.3. The van der Waals surface area contributed by atoms with E-state index >= 15 is 4.39 Å². The van der Waals surface area contributed by atoms with E-state index in [1.807, 2.05) is 36.4 Å². The van der Waals surface area contributed by atoms with Crippen molar-refractivity contribution in [1.29, 1.82) is 0 Å². The highest BCUT2D eigenvalue weighted by Crippen LogP contribution is 2.41. The van der Waals surface area contributed by atoms with Crippen LogP contribution >= 0.6 is 23.4 Å². The fraction of sp³-hybridized carbons (Fsp3) is 0.278. The molecule has 0 unspecified atom stereocenters. The van der Waals surface area contributed by atoms with Crippen molar-refractivity contribution in [2.24, 2.45) is 0 Å². The van der Waals surface area contributed by atoms with E-state index in [4.69, 9.17) is 20.8 Å². The third-order valence-electron chi connectivity index (χ3n) is 8.39. The van der Waals surface area contributed by atoms with Gasteiger partial charge in [-0.2, -0.15) is 0 Å². The van der Waals surface area contributed by atoms with Gasteiger partial charge in [0.2, 0.25) is 0 Å². The van der Waals surface area contributed by atoms with Gasteiger partial charge in [0.05, 0.1) is 28.6 Å². The number of aromatic amines is 2. The average molecular weight is 695 g/mol. The summed E-state index contributed by atoms with van der Waals surface area (Å²) in [7, 11) is -1.16. The van der Waals surface area contributed by atoms with Gasteiger partial charge in [-0.3, -0.25) is 9.78 Å². The van der Waals surface area contributed by atoms with E-state index in [9.17, 15) is 14.0 Å². The lowest BCUT2D eigenvalue weighted by Gasteiger charge is -2.43. The van der Waals surface area contributed by atoms with Crippen LogP contribution in [0.3, 0.4) is 0 Å². The molecule has 0 saturated heterocycles. The first-order valence-electron chi connectivity index (χ1n) is 15.2. The van der Waals surface area contributed by atoms with Crippen molar-refractivity contribution in [3.63, 3.8) is 0 Å².